The summed E-state index contributed by atoms with van der Waals surface area (Å²) in [6.07, 6.45) is 22.3. The summed E-state index contributed by atoms with van der Waals surface area (Å²) in [5.74, 6) is 2.45. The number of ether oxygens (including phenoxy) is 4. The van der Waals surface area contributed by atoms with Gasteiger partial charge in [0.05, 0.1) is 32.0 Å². The molecule has 0 aromatic heterocycles. The van der Waals surface area contributed by atoms with Crippen LogP contribution in [0.3, 0.4) is 0 Å². The van der Waals surface area contributed by atoms with Crippen LogP contribution in [-0.2, 0) is 6.42 Å². The predicted molar refractivity (Wildman–Crippen MR) is 194 cm³/mol. The zero-order valence-electron chi connectivity index (χ0n) is 29.9. The molecule has 0 amide bonds. The summed E-state index contributed by atoms with van der Waals surface area (Å²) in [5, 5.41) is 0. The maximum Gasteiger partial charge on any atom is 0.189 e. The van der Waals surface area contributed by atoms with Crippen molar-refractivity contribution in [2.75, 3.05) is 26.4 Å². The van der Waals surface area contributed by atoms with Gasteiger partial charge in [0.2, 0.25) is 0 Å². The molecule has 0 atom stereocenters. The van der Waals surface area contributed by atoms with Crippen LogP contribution in [-0.4, -0.2) is 32.2 Å². The van der Waals surface area contributed by atoms with Gasteiger partial charge in [-0.15, -0.1) is 0 Å². The first-order chi connectivity index (χ1) is 22.6. The van der Waals surface area contributed by atoms with Gasteiger partial charge in [-0.25, -0.2) is 0 Å². The minimum absolute atomic E-state index is 0.133. The number of hydrogen-bond acceptors (Lipinski definition) is 5. The smallest absolute Gasteiger partial charge is 0.189 e. The van der Waals surface area contributed by atoms with Crippen LogP contribution in [0.15, 0.2) is 36.4 Å². The summed E-state index contributed by atoms with van der Waals surface area (Å²) in [7, 11) is 0. The van der Waals surface area contributed by atoms with Crippen LogP contribution in [0.5, 0.6) is 23.0 Å². The van der Waals surface area contributed by atoms with Gasteiger partial charge in [0.25, 0.3) is 0 Å². The summed E-state index contributed by atoms with van der Waals surface area (Å²) < 4.78 is 25.1. The third-order valence-corrected chi connectivity index (χ3v) is 8.21. The Morgan fingerprint density at radius 2 is 1.09 bits per heavy atom. The Morgan fingerprint density at radius 3 is 1.63 bits per heavy atom. The lowest BCUT2D eigenvalue weighted by Gasteiger charge is -2.18. The van der Waals surface area contributed by atoms with Gasteiger partial charge in [0.15, 0.2) is 17.3 Å². The highest BCUT2D eigenvalue weighted by molar-refractivity contribution is 6.09. The first kappa shape index (κ1) is 39.2. The Labute approximate surface area is 281 Å². The number of aryl methyl sites for hydroxylation is 1. The lowest BCUT2D eigenvalue weighted by atomic mass is 10.0. The molecule has 0 heterocycles. The van der Waals surface area contributed by atoms with Crippen LogP contribution in [0, 0.1) is 0 Å². The molecule has 0 spiro atoms. The molecule has 2 aromatic rings. The number of hydrogen-bond donors (Lipinski definition) is 0. The van der Waals surface area contributed by atoms with Crippen molar-refractivity contribution in [2.45, 2.75) is 144 Å². The van der Waals surface area contributed by atoms with Crippen LogP contribution < -0.4 is 18.9 Å². The Kier molecular flexibility index (Phi) is 21.5. The summed E-state index contributed by atoms with van der Waals surface area (Å²) in [6, 6.07) is 10.0. The standard InChI is InChI=1S/C41H64O5/c1-6-11-15-19-27-43-36-32-37(41(46-30-22-18-14-9-4)40(33-36)45-29-21-17-13-8-3)38(42)25-24-35-31-34(10-5)23-26-39(35)44-28-20-16-12-7-2/h23-26,31-33H,6-22,27-30H2,1-5H3/b25-24+. The van der Waals surface area contributed by atoms with Gasteiger partial charge in [0, 0.05) is 11.6 Å². The fraction of sp³-hybridized carbons (Fsp3) is 0.634. The van der Waals surface area contributed by atoms with Crippen molar-refractivity contribution >= 4 is 11.9 Å². The molecule has 0 aliphatic heterocycles. The quantitative estimate of drug-likeness (QED) is 0.0528. The number of benzene rings is 2. The fourth-order valence-corrected chi connectivity index (χ4v) is 5.28. The van der Waals surface area contributed by atoms with Gasteiger partial charge >= 0.3 is 0 Å². The fourth-order valence-electron chi connectivity index (χ4n) is 5.28. The molecular weight excluding hydrogens is 572 g/mol. The molecule has 0 saturated heterocycles. The van der Waals surface area contributed by atoms with Crippen molar-refractivity contribution < 1.29 is 23.7 Å². The summed E-state index contributed by atoms with van der Waals surface area (Å²) in [6.45, 7) is 13.4. The van der Waals surface area contributed by atoms with E-state index in [1.165, 1.54) is 50.5 Å². The van der Waals surface area contributed by atoms with Crippen LogP contribution in [0.2, 0.25) is 0 Å². The molecule has 0 unspecified atom stereocenters. The van der Waals surface area contributed by atoms with E-state index in [-0.39, 0.29) is 5.78 Å². The third-order valence-electron chi connectivity index (χ3n) is 8.21. The highest BCUT2D eigenvalue weighted by atomic mass is 16.5. The summed E-state index contributed by atoms with van der Waals surface area (Å²) in [4.78, 5) is 14.0. The summed E-state index contributed by atoms with van der Waals surface area (Å²) >= 11 is 0. The molecule has 0 aliphatic rings. The van der Waals surface area contributed by atoms with Crippen LogP contribution >= 0.6 is 0 Å². The average Bonchev–Trinajstić information content (AvgIpc) is 3.07. The van der Waals surface area contributed by atoms with Gasteiger partial charge < -0.3 is 18.9 Å². The average molecular weight is 637 g/mol. The zero-order valence-corrected chi connectivity index (χ0v) is 29.9. The van der Waals surface area contributed by atoms with E-state index in [0.717, 1.165) is 75.5 Å². The molecule has 2 aromatic carbocycles. The van der Waals surface area contributed by atoms with E-state index in [0.29, 0.717) is 49.2 Å². The molecule has 0 aliphatic carbocycles. The highest BCUT2D eigenvalue weighted by Gasteiger charge is 2.20. The number of carbonyl (C=O) groups excluding carboxylic acids is 1. The molecule has 0 bridgehead atoms. The van der Waals surface area contributed by atoms with Crippen LogP contribution in [0.4, 0.5) is 0 Å². The molecule has 2 rings (SSSR count). The van der Waals surface area contributed by atoms with Crippen molar-refractivity contribution in [3.63, 3.8) is 0 Å². The van der Waals surface area contributed by atoms with E-state index in [9.17, 15) is 4.79 Å². The Hall–Kier alpha value is -2.95. The lowest BCUT2D eigenvalue weighted by Crippen LogP contribution is -2.09. The topological polar surface area (TPSA) is 54.0 Å². The Morgan fingerprint density at radius 1 is 0.565 bits per heavy atom. The zero-order chi connectivity index (χ0) is 33.2. The number of ketones is 1. The largest absolute Gasteiger partial charge is 0.493 e. The molecular formula is C41H64O5. The molecule has 258 valence electrons. The molecule has 0 fully saturated rings. The van der Waals surface area contributed by atoms with E-state index in [1.807, 2.05) is 24.3 Å². The van der Waals surface area contributed by atoms with Crippen molar-refractivity contribution in [1.82, 2.24) is 0 Å². The van der Waals surface area contributed by atoms with Gasteiger partial charge in [-0.05, 0) is 68.0 Å². The van der Waals surface area contributed by atoms with Gasteiger partial charge in [-0.3, -0.25) is 4.79 Å². The molecule has 46 heavy (non-hydrogen) atoms. The van der Waals surface area contributed by atoms with Crippen LogP contribution in [0.25, 0.3) is 6.08 Å². The lowest BCUT2D eigenvalue weighted by molar-refractivity contribution is 0.104. The maximum atomic E-state index is 14.0. The van der Waals surface area contributed by atoms with Gasteiger partial charge in [-0.1, -0.05) is 118 Å². The summed E-state index contributed by atoms with van der Waals surface area (Å²) in [5.41, 5.74) is 2.61. The normalized spacial score (nSPS) is 11.2. The molecule has 0 saturated carbocycles. The first-order valence-electron chi connectivity index (χ1n) is 18.6. The second kappa shape index (κ2) is 25.2. The molecule has 0 N–H and O–H groups in total. The third kappa shape index (κ3) is 15.6. The van der Waals surface area contributed by atoms with Crippen molar-refractivity contribution in [1.29, 1.82) is 0 Å². The highest BCUT2D eigenvalue weighted by Crippen LogP contribution is 2.37. The number of allylic oxidation sites excluding steroid dienone is 1. The monoisotopic (exact) mass is 636 g/mol. The molecule has 0 radical (unpaired) electrons. The van der Waals surface area contributed by atoms with E-state index in [4.69, 9.17) is 18.9 Å². The predicted octanol–water partition coefficient (Wildman–Crippen LogP) is 12.0. The second-order valence-corrected chi connectivity index (χ2v) is 12.4. The van der Waals surface area contributed by atoms with Crippen molar-refractivity contribution in [3.8, 4) is 23.0 Å². The first-order valence-corrected chi connectivity index (χ1v) is 18.6. The van der Waals surface area contributed by atoms with E-state index < -0.39 is 0 Å². The second-order valence-electron chi connectivity index (χ2n) is 12.4. The van der Waals surface area contributed by atoms with Crippen molar-refractivity contribution in [2.24, 2.45) is 0 Å². The van der Waals surface area contributed by atoms with E-state index in [1.54, 1.807) is 6.08 Å². The van der Waals surface area contributed by atoms with Gasteiger partial charge in [-0.2, -0.15) is 0 Å². The Bertz CT molecular complexity index is 1120. The molecule has 5 heteroatoms. The van der Waals surface area contributed by atoms with Gasteiger partial charge in [0.1, 0.15) is 11.5 Å². The maximum absolute atomic E-state index is 14.0. The number of rotatable bonds is 28. The SMILES string of the molecule is CCCCCCOc1cc(OCCCCCC)c(OCCCCCC)c(C(=O)/C=C/c2cc(CC)ccc2OCCCCCC)c1. The van der Waals surface area contributed by atoms with Crippen molar-refractivity contribution in [3.05, 3.63) is 53.1 Å². The Balaban J connectivity index is 2.39. The minimum atomic E-state index is -0.133. The van der Waals surface area contributed by atoms with E-state index in [2.05, 4.69) is 46.8 Å². The number of carbonyl (C=O) groups is 1. The van der Waals surface area contributed by atoms with Crippen LogP contribution in [0.1, 0.15) is 159 Å². The van der Waals surface area contributed by atoms with E-state index >= 15 is 0 Å². The minimum Gasteiger partial charge on any atom is -0.493 e. The molecule has 5 nitrogen and oxygen atoms in total. The number of unbranched alkanes of at least 4 members (excludes halogenated alkanes) is 12.